The molecule has 206 valence electrons. The zero-order chi connectivity index (χ0) is 29.1. The molecule has 0 amide bonds. The van der Waals surface area contributed by atoms with Gasteiger partial charge in [0.25, 0.3) is 0 Å². The van der Waals surface area contributed by atoms with E-state index in [1.165, 1.54) is 12.1 Å². The van der Waals surface area contributed by atoms with Crippen LogP contribution in [0.15, 0.2) is 146 Å². The standard InChI is InChI=1S/C36H24F4N2/c37-33-21-19-31(23-35(33)39)41(27-7-3-1-4-8-27)29-15-11-25(12-16-29)26-13-17-30(18-14-26)42(28-9-5-2-6-10-28)32-20-22-34(38)36(40)24-32/h1-24H. The van der Waals surface area contributed by atoms with Crippen LogP contribution in [0.4, 0.5) is 51.7 Å². The predicted octanol–water partition coefficient (Wildman–Crippen LogP) is 10.8. The van der Waals surface area contributed by atoms with Crippen molar-refractivity contribution >= 4 is 34.1 Å². The number of rotatable bonds is 7. The van der Waals surface area contributed by atoms with Gasteiger partial charge in [-0.25, -0.2) is 17.6 Å². The van der Waals surface area contributed by atoms with Crippen molar-refractivity contribution in [3.63, 3.8) is 0 Å². The fourth-order valence-corrected chi connectivity index (χ4v) is 4.90. The Kier molecular flexibility index (Phi) is 7.43. The minimum atomic E-state index is -0.918. The fraction of sp³-hybridized carbons (Fsp3) is 0. The van der Waals surface area contributed by atoms with Gasteiger partial charge in [-0.15, -0.1) is 0 Å². The summed E-state index contributed by atoms with van der Waals surface area (Å²) in [6, 6.07) is 42.2. The quantitative estimate of drug-likeness (QED) is 0.179. The number of nitrogens with zero attached hydrogens (tertiary/aromatic N) is 2. The molecule has 0 fully saturated rings. The van der Waals surface area contributed by atoms with Crippen LogP contribution in [-0.2, 0) is 0 Å². The van der Waals surface area contributed by atoms with Gasteiger partial charge in [0.2, 0.25) is 0 Å². The van der Waals surface area contributed by atoms with Crippen LogP contribution >= 0.6 is 0 Å². The molecule has 0 aromatic heterocycles. The van der Waals surface area contributed by atoms with Crippen molar-refractivity contribution in [3.8, 4) is 11.1 Å². The van der Waals surface area contributed by atoms with Crippen LogP contribution in [0.1, 0.15) is 0 Å². The summed E-state index contributed by atoms with van der Waals surface area (Å²) < 4.78 is 55.7. The Balaban J connectivity index is 1.33. The lowest BCUT2D eigenvalue weighted by Gasteiger charge is -2.26. The minimum absolute atomic E-state index is 0.496. The Hall–Kier alpha value is -5.36. The number of anilines is 6. The van der Waals surface area contributed by atoms with Crippen molar-refractivity contribution in [1.82, 2.24) is 0 Å². The zero-order valence-electron chi connectivity index (χ0n) is 22.3. The van der Waals surface area contributed by atoms with Gasteiger partial charge >= 0.3 is 0 Å². The van der Waals surface area contributed by atoms with Crippen LogP contribution < -0.4 is 9.80 Å². The molecule has 0 aliphatic carbocycles. The summed E-state index contributed by atoms with van der Waals surface area (Å²) in [5, 5.41) is 0. The number of halogens is 4. The summed E-state index contributed by atoms with van der Waals surface area (Å²) in [5.41, 5.74) is 6.05. The second-order valence-corrected chi connectivity index (χ2v) is 9.63. The highest BCUT2D eigenvalue weighted by Gasteiger charge is 2.16. The zero-order valence-corrected chi connectivity index (χ0v) is 22.3. The minimum Gasteiger partial charge on any atom is -0.310 e. The number of para-hydroxylation sites is 2. The molecule has 0 atom stereocenters. The topological polar surface area (TPSA) is 6.48 Å². The van der Waals surface area contributed by atoms with Crippen LogP contribution in [0.25, 0.3) is 11.1 Å². The highest BCUT2D eigenvalue weighted by Crippen LogP contribution is 2.38. The molecule has 0 aliphatic rings. The van der Waals surface area contributed by atoms with Crippen molar-refractivity contribution in [2.24, 2.45) is 0 Å². The van der Waals surface area contributed by atoms with E-state index < -0.39 is 23.3 Å². The molecule has 0 saturated carbocycles. The second-order valence-electron chi connectivity index (χ2n) is 9.63. The van der Waals surface area contributed by atoms with Crippen molar-refractivity contribution < 1.29 is 17.6 Å². The van der Waals surface area contributed by atoms with E-state index in [1.807, 2.05) is 119 Å². The Morgan fingerprint density at radius 1 is 0.286 bits per heavy atom. The molecular weight excluding hydrogens is 536 g/mol. The first-order chi connectivity index (χ1) is 20.5. The molecule has 0 aliphatic heterocycles. The van der Waals surface area contributed by atoms with Crippen LogP contribution in [-0.4, -0.2) is 0 Å². The Labute approximate surface area is 241 Å². The van der Waals surface area contributed by atoms with Crippen LogP contribution in [0.2, 0.25) is 0 Å². The van der Waals surface area contributed by atoms with E-state index in [0.29, 0.717) is 11.4 Å². The average molecular weight is 561 g/mol. The van der Waals surface area contributed by atoms with Gasteiger partial charge in [0.1, 0.15) is 0 Å². The van der Waals surface area contributed by atoms with Crippen molar-refractivity contribution in [2.75, 3.05) is 9.80 Å². The second kappa shape index (κ2) is 11.6. The number of benzene rings is 6. The maximum Gasteiger partial charge on any atom is 0.160 e. The monoisotopic (exact) mass is 560 g/mol. The SMILES string of the molecule is Fc1ccc(N(c2ccccc2)c2ccc(-c3ccc(N(c4ccccc4)c4ccc(F)c(F)c4)cc3)cc2)cc1F. The molecule has 6 aromatic carbocycles. The Morgan fingerprint density at radius 3 is 0.929 bits per heavy atom. The summed E-state index contributed by atoms with van der Waals surface area (Å²) >= 11 is 0. The van der Waals surface area contributed by atoms with Gasteiger partial charge in [0.15, 0.2) is 23.3 Å². The molecule has 2 nitrogen and oxygen atoms in total. The molecule has 42 heavy (non-hydrogen) atoms. The lowest BCUT2D eigenvalue weighted by atomic mass is 10.0. The maximum atomic E-state index is 14.2. The van der Waals surface area contributed by atoms with E-state index in [2.05, 4.69) is 0 Å². The molecule has 6 heteroatoms. The molecule has 0 spiro atoms. The first kappa shape index (κ1) is 26.8. The predicted molar refractivity (Wildman–Crippen MR) is 161 cm³/mol. The molecule has 0 N–H and O–H groups in total. The fourth-order valence-electron chi connectivity index (χ4n) is 4.90. The molecule has 0 heterocycles. The van der Waals surface area contributed by atoms with Crippen molar-refractivity contribution in [3.05, 3.63) is 169 Å². The lowest BCUT2D eigenvalue weighted by Crippen LogP contribution is -2.10. The summed E-state index contributed by atoms with van der Waals surface area (Å²) in [6.07, 6.45) is 0. The molecule has 6 aromatic rings. The summed E-state index contributed by atoms with van der Waals surface area (Å²) in [6.45, 7) is 0. The van der Waals surface area contributed by atoms with Crippen LogP contribution in [0.5, 0.6) is 0 Å². The molecular formula is C36H24F4N2. The maximum absolute atomic E-state index is 14.2. The first-order valence-electron chi connectivity index (χ1n) is 13.3. The van der Waals surface area contributed by atoms with Gasteiger partial charge in [-0.1, -0.05) is 60.7 Å². The summed E-state index contributed by atoms with van der Waals surface area (Å²) in [5.74, 6) is -3.64. The lowest BCUT2D eigenvalue weighted by molar-refractivity contribution is 0.509. The molecule has 0 saturated heterocycles. The van der Waals surface area contributed by atoms with E-state index >= 15 is 0 Å². The number of hydrogen-bond acceptors (Lipinski definition) is 2. The van der Waals surface area contributed by atoms with Gasteiger partial charge in [-0.3, -0.25) is 0 Å². The summed E-state index contributed by atoms with van der Waals surface area (Å²) in [7, 11) is 0. The van der Waals surface area contributed by atoms with Crippen LogP contribution in [0, 0.1) is 23.3 Å². The highest BCUT2D eigenvalue weighted by molar-refractivity contribution is 5.80. The molecule has 0 unspecified atom stereocenters. The van der Waals surface area contributed by atoms with E-state index in [4.69, 9.17) is 0 Å². The Morgan fingerprint density at radius 2 is 0.595 bits per heavy atom. The van der Waals surface area contributed by atoms with Crippen molar-refractivity contribution in [1.29, 1.82) is 0 Å². The van der Waals surface area contributed by atoms with Gasteiger partial charge < -0.3 is 9.80 Å². The molecule has 6 rings (SSSR count). The van der Waals surface area contributed by atoms with E-state index in [0.717, 1.165) is 46.0 Å². The third kappa shape index (κ3) is 5.47. The van der Waals surface area contributed by atoms with Crippen molar-refractivity contribution in [2.45, 2.75) is 0 Å². The highest BCUT2D eigenvalue weighted by atomic mass is 19.2. The van der Waals surface area contributed by atoms with E-state index in [1.54, 1.807) is 12.1 Å². The van der Waals surface area contributed by atoms with Gasteiger partial charge in [-0.2, -0.15) is 0 Å². The van der Waals surface area contributed by atoms with E-state index in [9.17, 15) is 17.6 Å². The normalized spacial score (nSPS) is 10.9. The molecule has 0 radical (unpaired) electrons. The van der Waals surface area contributed by atoms with Gasteiger partial charge in [0.05, 0.1) is 0 Å². The first-order valence-corrected chi connectivity index (χ1v) is 13.3. The Bertz CT molecular complexity index is 1670. The molecule has 0 bridgehead atoms. The van der Waals surface area contributed by atoms with E-state index in [-0.39, 0.29) is 0 Å². The summed E-state index contributed by atoms with van der Waals surface area (Å²) in [4.78, 5) is 3.71. The van der Waals surface area contributed by atoms with Gasteiger partial charge in [0, 0.05) is 46.3 Å². The third-order valence-electron chi connectivity index (χ3n) is 6.94. The largest absolute Gasteiger partial charge is 0.310 e. The van der Waals surface area contributed by atoms with Crippen LogP contribution in [0.3, 0.4) is 0 Å². The smallest absolute Gasteiger partial charge is 0.160 e. The average Bonchev–Trinajstić information content (AvgIpc) is 3.03. The number of hydrogen-bond donors (Lipinski definition) is 0. The third-order valence-corrected chi connectivity index (χ3v) is 6.94. The van der Waals surface area contributed by atoms with Gasteiger partial charge in [-0.05, 0) is 83.9 Å².